The van der Waals surface area contributed by atoms with Gasteiger partial charge >= 0.3 is 0 Å². The van der Waals surface area contributed by atoms with Crippen LogP contribution in [0, 0.1) is 0 Å². The van der Waals surface area contributed by atoms with Gasteiger partial charge in [0.15, 0.2) is 0 Å². The number of imidazole rings is 1. The standard InChI is InChI=1S/C21H24ClN5/c1-2-9-26-10-12-27(13-11-26)20-8-7-16(14-23-20)21-24-15-19(25-21)17-5-3-4-6-18(17)22/h3-8,14-15H,2,9-13H2,1H3,(H,24,25). The molecule has 0 amide bonds. The van der Waals surface area contributed by atoms with E-state index >= 15 is 0 Å². The first-order valence-electron chi connectivity index (χ1n) is 9.48. The number of halogens is 1. The van der Waals surface area contributed by atoms with Crippen molar-refractivity contribution in [3.05, 3.63) is 53.8 Å². The molecule has 0 unspecified atom stereocenters. The Bertz CT molecular complexity index is 882. The Labute approximate surface area is 165 Å². The molecule has 3 heterocycles. The van der Waals surface area contributed by atoms with Crippen molar-refractivity contribution in [2.24, 2.45) is 0 Å². The number of aromatic nitrogens is 3. The molecule has 3 aromatic rings. The van der Waals surface area contributed by atoms with Gasteiger partial charge in [-0.15, -0.1) is 0 Å². The van der Waals surface area contributed by atoms with E-state index in [0.29, 0.717) is 5.02 Å². The Morgan fingerprint density at radius 1 is 1.00 bits per heavy atom. The van der Waals surface area contributed by atoms with Gasteiger partial charge in [-0.05, 0) is 31.2 Å². The van der Waals surface area contributed by atoms with Gasteiger partial charge in [-0.2, -0.15) is 0 Å². The lowest BCUT2D eigenvalue weighted by Gasteiger charge is -2.35. The van der Waals surface area contributed by atoms with Crippen LogP contribution in [0.4, 0.5) is 5.82 Å². The molecule has 1 aliphatic heterocycles. The van der Waals surface area contributed by atoms with E-state index < -0.39 is 0 Å². The molecule has 27 heavy (non-hydrogen) atoms. The first-order valence-corrected chi connectivity index (χ1v) is 9.86. The van der Waals surface area contributed by atoms with Gasteiger partial charge in [0, 0.05) is 48.5 Å². The predicted molar refractivity (Wildman–Crippen MR) is 111 cm³/mol. The summed E-state index contributed by atoms with van der Waals surface area (Å²) in [5, 5.41) is 0.711. The summed E-state index contributed by atoms with van der Waals surface area (Å²) in [5.74, 6) is 1.84. The molecular weight excluding hydrogens is 358 g/mol. The van der Waals surface area contributed by atoms with E-state index in [1.165, 1.54) is 13.0 Å². The van der Waals surface area contributed by atoms with Crippen LogP contribution in [0.3, 0.4) is 0 Å². The SMILES string of the molecule is CCCN1CCN(c2ccc(-c3ncc(-c4ccccc4Cl)[nH]3)cn2)CC1. The zero-order valence-corrected chi connectivity index (χ0v) is 16.3. The zero-order chi connectivity index (χ0) is 18.6. The first-order chi connectivity index (χ1) is 13.2. The van der Waals surface area contributed by atoms with Crippen molar-refractivity contribution in [2.45, 2.75) is 13.3 Å². The maximum Gasteiger partial charge on any atom is 0.139 e. The number of nitrogens with one attached hydrogen (secondary N) is 1. The van der Waals surface area contributed by atoms with Crippen LogP contribution in [0.2, 0.25) is 5.02 Å². The number of pyridine rings is 1. The third-order valence-corrected chi connectivity index (χ3v) is 5.33. The summed E-state index contributed by atoms with van der Waals surface area (Å²) in [6.07, 6.45) is 4.92. The minimum atomic E-state index is 0.711. The van der Waals surface area contributed by atoms with E-state index in [9.17, 15) is 0 Å². The minimum absolute atomic E-state index is 0.711. The summed E-state index contributed by atoms with van der Waals surface area (Å²) >= 11 is 6.28. The second-order valence-electron chi connectivity index (χ2n) is 6.86. The Balaban J connectivity index is 1.46. The molecule has 1 aromatic carbocycles. The van der Waals surface area contributed by atoms with E-state index in [1.54, 1.807) is 0 Å². The largest absolute Gasteiger partial charge is 0.354 e. The summed E-state index contributed by atoms with van der Waals surface area (Å²) < 4.78 is 0. The van der Waals surface area contributed by atoms with Crippen molar-refractivity contribution in [1.29, 1.82) is 0 Å². The highest BCUT2D eigenvalue weighted by atomic mass is 35.5. The molecule has 5 nitrogen and oxygen atoms in total. The van der Waals surface area contributed by atoms with Gasteiger partial charge in [0.25, 0.3) is 0 Å². The second-order valence-corrected chi connectivity index (χ2v) is 7.27. The van der Waals surface area contributed by atoms with E-state index in [-0.39, 0.29) is 0 Å². The van der Waals surface area contributed by atoms with Crippen molar-refractivity contribution in [2.75, 3.05) is 37.6 Å². The Morgan fingerprint density at radius 2 is 1.81 bits per heavy atom. The molecule has 0 spiro atoms. The molecule has 1 N–H and O–H groups in total. The zero-order valence-electron chi connectivity index (χ0n) is 15.5. The molecular formula is C21H24ClN5. The van der Waals surface area contributed by atoms with Crippen molar-refractivity contribution >= 4 is 17.4 Å². The van der Waals surface area contributed by atoms with Crippen molar-refractivity contribution in [1.82, 2.24) is 19.9 Å². The van der Waals surface area contributed by atoms with Crippen LogP contribution < -0.4 is 4.90 Å². The van der Waals surface area contributed by atoms with Gasteiger partial charge in [0.05, 0.1) is 11.9 Å². The summed E-state index contributed by atoms with van der Waals surface area (Å²) in [5.41, 5.74) is 2.83. The lowest BCUT2D eigenvalue weighted by atomic mass is 10.2. The van der Waals surface area contributed by atoms with Crippen LogP contribution in [0.15, 0.2) is 48.8 Å². The van der Waals surface area contributed by atoms with Crippen LogP contribution >= 0.6 is 11.6 Å². The normalized spacial score (nSPS) is 15.3. The quantitative estimate of drug-likeness (QED) is 0.714. The Morgan fingerprint density at radius 3 is 2.52 bits per heavy atom. The van der Waals surface area contributed by atoms with Gasteiger partial charge in [-0.1, -0.05) is 36.7 Å². The van der Waals surface area contributed by atoms with Gasteiger partial charge in [-0.3, -0.25) is 4.90 Å². The molecule has 0 radical (unpaired) electrons. The third-order valence-electron chi connectivity index (χ3n) is 5.00. The minimum Gasteiger partial charge on any atom is -0.354 e. The molecule has 0 bridgehead atoms. The smallest absolute Gasteiger partial charge is 0.139 e. The number of H-pyrrole nitrogens is 1. The van der Waals surface area contributed by atoms with Gasteiger partial charge < -0.3 is 9.88 Å². The molecule has 2 aromatic heterocycles. The monoisotopic (exact) mass is 381 g/mol. The summed E-state index contributed by atoms with van der Waals surface area (Å²) in [7, 11) is 0. The molecule has 1 saturated heterocycles. The van der Waals surface area contributed by atoms with E-state index in [4.69, 9.17) is 11.6 Å². The number of benzene rings is 1. The number of anilines is 1. The Kier molecular flexibility index (Phi) is 5.41. The lowest BCUT2D eigenvalue weighted by Crippen LogP contribution is -2.46. The van der Waals surface area contributed by atoms with Crippen LogP contribution in [0.5, 0.6) is 0 Å². The number of hydrogen-bond acceptors (Lipinski definition) is 4. The second kappa shape index (κ2) is 8.11. The maximum atomic E-state index is 6.28. The average molecular weight is 382 g/mol. The lowest BCUT2D eigenvalue weighted by molar-refractivity contribution is 0.258. The van der Waals surface area contributed by atoms with Crippen LogP contribution in [-0.4, -0.2) is 52.6 Å². The van der Waals surface area contributed by atoms with E-state index in [1.807, 2.05) is 36.7 Å². The highest BCUT2D eigenvalue weighted by Gasteiger charge is 2.17. The third kappa shape index (κ3) is 3.99. The number of piperazine rings is 1. The number of aromatic amines is 1. The van der Waals surface area contributed by atoms with E-state index in [2.05, 4.69) is 43.8 Å². The highest BCUT2D eigenvalue weighted by molar-refractivity contribution is 6.33. The van der Waals surface area contributed by atoms with Crippen LogP contribution in [-0.2, 0) is 0 Å². The Hall–Kier alpha value is -2.37. The molecule has 140 valence electrons. The van der Waals surface area contributed by atoms with Gasteiger partial charge in [0.2, 0.25) is 0 Å². The topological polar surface area (TPSA) is 48.0 Å². The fourth-order valence-electron chi connectivity index (χ4n) is 3.51. The molecule has 0 saturated carbocycles. The average Bonchev–Trinajstić information content (AvgIpc) is 3.19. The number of nitrogens with zero attached hydrogens (tertiary/aromatic N) is 4. The fraction of sp³-hybridized carbons (Fsp3) is 0.333. The first kappa shape index (κ1) is 18.0. The fourth-order valence-corrected chi connectivity index (χ4v) is 3.75. The predicted octanol–water partition coefficient (Wildman–Crippen LogP) is 4.32. The molecule has 1 aliphatic rings. The van der Waals surface area contributed by atoms with Crippen molar-refractivity contribution in [3.63, 3.8) is 0 Å². The molecule has 1 fully saturated rings. The summed E-state index contributed by atoms with van der Waals surface area (Å²) in [4.78, 5) is 17.4. The van der Waals surface area contributed by atoms with E-state index in [0.717, 1.165) is 54.6 Å². The van der Waals surface area contributed by atoms with Gasteiger partial charge in [0.1, 0.15) is 11.6 Å². The maximum absolute atomic E-state index is 6.28. The molecule has 6 heteroatoms. The molecule has 4 rings (SSSR count). The molecule has 0 aliphatic carbocycles. The summed E-state index contributed by atoms with van der Waals surface area (Å²) in [6.45, 7) is 7.70. The van der Waals surface area contributed by atoms with Crippen LogP contribution in [0.25, 0.3) is 22.6 Å². The number of rotatable bonds is 5. The highest BCUT2D eigenvalue weighted by Crippen LogP contribution is 2.28. The summed E-state index contributed by atoms with van der Waals surface area (Å²) in [6, 6.07) is 11.9. The van der Waals surface area contributed by atoms with Crippen LogP contribution in [0.1, 0.15) is 13.3 Å². The van der Waals surface area contributed by atoms with Crippen molar-refractivity contribution < 1.29 is 0 Å². The molecule has 0 atom stereocenters. The number of hydrogen-bond donors (Lipinski definition) is 1. The van der Waals surface area contributed by atoms with Gasteiger partial charge in [-0.25, -0.2) is 9.97 Å². The van der Waals surface area contributed by atoms with Crippen molar-refractivity contribution in [3.8, 4) is 22.6 Å².